The fourth-order valence-corrected chi connectivity index (χ4v) is 3.96. The number of hydrogen-bond acceptors (Lipinski definition) is 3. The van der Waals surface area contributed by atoms with Gasteiger partial charge in [-0.2, -0.15) is 5.10 Å². The van der Waals surface area contributed by atoms with Crippen molar-refractivity contribution in [2.24, 2.45) is 0 Å². The van der Waals surface area contributed by atoms with Gasteiger partial charge in [-0.15, -0.1) is 0 Å². The molecule has 6 heteroatoms. The van der Waals surface area contributed by atoms with Crippen molar-refractivity contribution in [3.05, 3.63) is 54.4 Å². The van der Waals surface area contributed by atoms with Crippen LogP contribution in [0, 0.1) is 0 Å². The first kappa shape index (κ1) is 20.8. The molecule has 0 aliphatic heterocycles. The number of aromatic nitrogens is 2. The Balaban J connectivity index is 1.70. The van der Waals surface area contributed by atoms with Crippen LogP contribution in [0.1, 0.15) is 51.5 Å². The SMILES string of the molecule is CCN(CC)C(=O)C1(NC(=O)C=Cc2cnn(-c3ccccc3)c2)CCCCC1. The molecule has 1 aliphatic rings. The van der Waals surface area contributed by atoms with E-state index in [9.17, 15) is 9.59 Å². The molecule has 29 heavy (non-hydrogen) atoms. The van der Waals surface area contributed by atoms with Crippen molar-refractivity contribution >= 4 is 17.9 Å². The van der Waals surface area contributed by atoms with E-state index in [4.69, 9.17) is 0 Å². The van der Waals surface area contributed by atoms with E-state index in [1.165, 1.54) is 6.08 Å². The van der Waals surface area contributed by atoms with Gasteiger partial charge in [0.25, 0.3) is 0 Å². The Labute approximate surface area is 172 Å². The summed E-state index contributed by atoms with van der Waals surface area (Å²) in [5.74, 6) is -0.194. The smallest absolute Gasteiger partial charge is 0.248 e. The van der Waals surface area contributed by atoms with Crippen LogP contribution in [0.2, 0.25) is 0 Å². The summed E-state index contributed by atoms with van der Waals surface area (Å²) >= 11 is 0. The minimum atomic E-state index is -0.778. The second-order valence-electron chi connectivity index (χ2n) is 7.50. The van der Waals surface area contributed by atoms with Gasteiger partial charge >= 0.3 is 0 Å². The Morgan fingerprint density at radius 1 is 1.14 bits per heavy atom. The zero-order valence-electron chi connectivity index (χ0n) is 17.3. The Hall–Kier alpha value is -2.89. The van der Waals surface area contributed by atoms with Gasteiger partial charge in [0.15, 0.2) is 0 Å². The number of nitrogens with one attached hydrogen (secondary N) is 1. The lowest BCUT2D eigenvalue weighted by Gasteiger charge is -2.39. The van der Waals surface area contributed by atoms with E-state index in [-0.39, 0.29) is 11.8 Å². The Morgan fingerprint density at radius 2 is 1.83 bits per heavy atom. The monoisotopic (exact) mass is 394 g/mol. The standard InChI is InChI=1S/C23H30N4O2/c1-3-26(4-2)22(29)23(15-9-6-10-16-23)25-21(28)14-13-19-17-24-27(18-19)20-11-7-5-8-12-20/h5,7-8,11-14,17-18H,3-4,6,9-10,15-16H2,1-2H3,(H,25,28). The minimum Gasteiger partial charge on any atom is -0.341 e. The highest BCUT2D eigenvalue weighted by molar-refractivity contribution is 5.97. The molecule has 1 N–H and O–H groups in total. The van der Waals surface area contributed by atoms with Gasteiger partial charge in [0.1, 0.15) is 5.54 Å². The van der Waals surface area contributed by atoms with E-state index >= 15 is 0 Å². The molecule has 1 fully saturated rings. The summed E-state index contributed by atoms with van der Waals surface area (Å²) in [6.07, 6.45) is 11.3. The van der Waals surface area contributed by atoms with E-state index in [1.54, 1.807) is 17.0 Å². The van der Waals surface area contributed by atoms with Crippen molar-refractivity contribution in [1.82, 2.24) is 20.0 Å². The normalized spacial score (nSPS) is 15.9. The van der Waals surface area contributed by atoms with Gasteiger partial charge in [0.2, 0.25) is 11.8 Å². The number of para-hydroxylation sites is 1. The Morgan fingerprint density at radius 3 is 2.48 bits per heavy atom. The zero-order chi connectivity index (χ0) is 20.7. The third-order valence-corrected chi connectivity index (χ3v) is 5.58. The summed E-state index contributed by atoms with van der Waals surface area (Å²) in [4.78, 5) is 27.6. The van der Waals surface area contributed by atoms with Crippen molar-refractivity contribution in [2.75, 3.05) is 13.1 Å². The van der Waals surface area contributed by atoms with Crippen LogP contribution in [-0.2, 0) is 9.59 Å². The maximum absolute atomic E-state index is 13.1. The predicted molar refractivity (Wildman–Crippen MR) is 114 cm³/mol. The molecule has 1 heterocycles. The third-order valence-electron chi connectivity index (χ3n) is 5.58. The molecule has 2 aromatic rings. The summed E-state index contributed by atoms with van der Waals surface area (Å²) < 4.78 is 1.77. The van der Waals surface area contributed by atoms with Gasteiger partial charge in [-0.25, -0.2) is 4.68 Å². The van der Waals surface area contributed by atoms with Crippen molar-refractivity contribution < 1.29 is 9.59 Å². The second-order valence-corrected chi connectivity index (χ2v) is 7.50. The van der Waals surface area contributed by atoms with E-state index < -0.39 is 5.54 Å². The van der Waals surface area contributed by atoms with Crippen LogP contribution in [0.3, 0.4) is 0 Å². The van der Waals surface area contributed by atoms with Crippen LogP contribution in [0.15, 0.2) is 48.8 Å². The summed E-state index contributed by atoms with van der Waals surface area (Å²) in [5, 5.41) is 7.39. The van der Waals surface area contributed by atoms with Gasteiger partial charge < -0.3 is 10.2 Å². The summed E-state index contributed by atoms with van der Waals surface area (Å²) in [5.41, 5.74) is 1.01. The number of likely N-dealkylation sites (N-methyl/N-ethyl adjacent to an activating group) is 1. The Bertz CT molecular complexity index is 847. The minimum absolute atomic E-state index is 0.0425. The fraction of sp³-hybridized carbons (Fsp3) is 0.435. The molecule has 0 radical (unpaired) electrons. The number of rotatable bonds is 7. The average Bonchev–Trinajstić information content (AvgIpc) is 3.23. The highest BCUT2D eigenvalue weighted by Gasteiger charge is 2.42. The molecule has 6 nitrogen and oxygen atoms in total. The molecule has 1 saturated carbocycles. The fourth-order valence-electron chi connectivity index (χ4n) is 3.96. The molecule has 2 amide bonds. The summed E-state index contributed by atoms with van der Waals surface area (Å²) in [6.45, 7) is 5.26. The predicted octanol–water partition coefficient (Wildman–Crippen LogP) is 3.57. The molecular formula is C23H30N4O2. The summed E-state index contributed by atoms with van der Waals surface area (Å²) in [6, 6.07) is 9.81. The maximum atomic E-state index is 13.1. The number of amides is 2. The van der Waals surface area contributed by atoms with Gasteiger partial charge in [-0.05, 0) is 44.9 Å². The molecule has 154 valence electrons. The Kier molecular flexibility index (Phi) is 6.86. The average molecular weight is 395 g/mol. The third kappa shape index (κ3) is 4.94. The van der Waals surface area contributed by atoms with Crippen LogP contribution >= 0.6 is 0 Å². The van der Waals surface area contributed by atoms with Crippen LogP contribution < -0.4 is 5.32 Å². The van der Waals surface area contributed by atoms with E-state index in [2.05, 4.69) is 10.4 Å². The van der Waals surface area contributed by atoms with Crippen molar-refractivity contribution in [1.29, 1.82) is 0 Å². The molecule has 1 aliphatic carbocycles. The first-order valence-electron chi connectivity index (χ1n) is 10.5. The second kappa shape index (κ2) is 9.54. The topological polar surface area (TPSA) is 67.2 Å². The number of carbonyl (C=O) groups excluding carboxylic acids is 2. The van der Waals surface area contributed by atoms with Crippen molar-refractivity contribution in [3.8, 4) is 5.69 Å². The molecular weight excluding hydrogens is 364 g/mol. The van der Waals surface area contributed by atoms with Crippen LogP contribution in [0.25, 0.3) is 11.8 Å². The molecule has 3 rings (SSSR count). The number of benzene rings is 1. The van der Waals surface area contributed by atoms with Gasteiger partial charge in [0, 0.05) is 30.9 Å². The molecule has 0 spiro atoms. The lowest BCUT2D eigenvalue weighted by Crippen LogP contribution is -2.60. The van der Waals surface area contributed by atoms with Gasteiger partial charge in [-0.3, -0.25) is 9.59 Å². The lowest BCUT2D eigenvalue weighted by atomic mass is 9.80. The first-order valence-corrected chi connectivity index (χ1v) is 10.5. The number of hydrogen-bond donors (Lipinski definition) is 1. The number of nitrogens with zero attached hydrogens (tertiary/aromatic N) is 3. The summed E-state index contributed by atoms with van der Waals surface area (Å²) in [7, 11) is 0. The van der Waals surface area contributed by atoms with Crippen LogP contribution in [0.4, 0.5) is 0 Å². The quantitative estimate of drug-likeness (QED) is 0.730. The number of carbonyl (C=O) groups is 2. The van der Waals surface area contributed by atoms with Crippen LogP contribution in [-0.4, -0.2) is 45.1 Å². The molecule has 0 unspecified atom stereocenters. The van der Waals surface area contributed by atoms with E-state index in [0.717, 1.165) is 30.5 Å². The van der Waals surface area contributed by atoms with Crippen molar-refractivity contribution in [3.63, 3.8) is 0 Å². The van der Waals surface area contributed by atoms with E-state index in [1.807, 2.05) is 55.3 Å². The lowest BCUT2D eigenvalue weighted by molar-refractivity contribution is -0.142. The first-order chi connectivity index (χ1) is 14.1. The van der Waals surface area contributed by atoms with Crippen LogP contribution in [0.5, 0.6) is 0 Å². The molecule has 1 aromatic heterocycles. The zero-order valence-corrected chi connectivity index (χ0v) is 17.3. The molecule has 0 saturated heterocycles. The van der Waals surface area contributed by atoms with E-state index in [0.29, 0.717) is 25.9 Å². The maximum Gasteiger partial charge on any atom is 0.248 e. The highest BCUT2D eigenvalue weighted by atomic mass is 16.2. The van der Waals surface area contributed by atoms with Gasteiger partial charge in [-0.1, -0.05) is 37.5 Å². The molecule has 0 bridgehead atoms. The van der Waals surface area contributed by atoms with Gasteiger partial charge in [0.05, 0.1) is 11.9 Å². The van der Waals surface area contributed by atoms with Crippen molar-refractivity contribution in [2.45, 2.75) is 51.5 Å². The largest absolute Gasteiger partial charge is 0.341 e. The molecule has 1 aromatic carbocycles. The highest BCUT2D eigenvalue weighted by Crippen LogP contribution is 2.30. The molecule has 0 atom stereocenters.